The van der Waals surface area contributed by atoms with Crippen LogP contribution in [-0.4, -0.2) is 31.8 Å². The predicted molar refractivity (Wildman–Crippen MR) is 76.1 cm³/mol. The summed E-state index contributed by atoms with van der Waals surface area (Å²) >= 11 is 0. The summed E-state index contributed by atoms with van der Waals surface area (Å²) < 4.78 is 15.5. The normalized spacial score (nSPS) is 12.1. The summed E-state index contributed by atoms with van der Waals surface area (Å²) in [5.41, 5.74) is 1.20. The molecule has 108 valence electrons. The molecule has 6 nitrogen and oxygen atoms in total. The quantitative estimate of drug-likeness (QED) is 0.864. The molecule has 0 spiro atoms. The van der Waals surface area contributed by atoms with E-state index in [1.54, 1.807) is 50.7 Å². The van der Waals surface area contributed by atoms with Gasteiger partial charge in [-0.05, 0) is 24.3 Å². The van der Waals surface area contributed by atoms with Crippen molar-refractivity contribution >= 4 is 11.6 Å². The molecule has 1 aliphatic rings. The van der Waals surface area contributed by atoms with Gasteiger partial charge in [0.2, 0.25) is 12.7 Å². The van der Waals surface area contributed by atoms with Gasteiger partial charge in [-0.2, -0.15) is 0 Å². The Labute approximate surface area is 121 Å². The minimum atomic E-state index is -0.153. The number of carbonyl (C=O) groups excluding carboxylic acids is 1. The number of pyridine rings is 1. The van der Waals surface area contributed by atoms with E-state index in [2.05, 4.69) is 4.98 Å². The molecule has 1 aliphatic heterocycles. The van der Waals surface area contributed by atoms with E-state index < -0.39 is 0 Å². The van der Waals surface area contributed by atoms with Gasteiger partial charge < -0.3 is 19.1 Å². The SMILES string of the molecule is COc1ccc(N(C)C(=O)c2ccc3c(c2)OCO3)cn1. The molecule has 0 bridgehead atoms. The largest absolute Gasteiger partial charge is 0.481 e. The maximum absolute atomic E-state index is 12.5. The van der Waals surface area contributed by atoms with Crippen molar-refractivity contribution in [2.24, 2.45) is 0 Å². The molecular weight excluding hydrogens is 272 g/mol. The molecule has 2 aromatic rings. The van der Waals surface area contributed by atoms with Crippen LogP contribution in [0.1, 0.15) is 10.4 Å². The van der Waals surface area contributed by atoms with Gasteiger partial charge in [0.15, 0.2) is 11.5 Å². The Morgan fingerprint density at radius 1 is 1.24 bits per heavy atom. The number of fused-ring (bicyclic) bond motifs is 1. The molecule has 21 heavy (non-hydrogen) atoms. The lowest BCUT2D eigenvalue weighted by molar-refractivity contribution is 0.0992. The lowest BCUT2D eigenvalue weighted by Gasteiger charge is -2.17. The Morgan fingerprint density at radius 2 is 2.05 bits per heavy atom. The van der Waals surface area contributed by atoms with Gasteiger partial charge in [-0.25, -0.2) is 4.98 Å². The molecular formula is C15H14N2O4. The highest BCUT2D eigenvalue weighted by atomic mass is 16.7. The first kappa shape index (κ1) is 13.2. The molecule has 0 radical (unpaired) electrons. The van der Waals surface area contributed by atoms with E-state index in [1.807, 2.05) is 0 Å². The van der Waals surface area contributed by atoms with Crippen molar-refractivity contribution in [3.05, 3.63) is 42.1 Å². The standard InChI is InChI=1S/C15H14N2O4/c1-17(11-4-6-14(19-2)16-8-11)15(18)10-3-5-12-13(7-10)21-9-20-12/h3-8H,9H2,1-2H3. The molecule has 0 saturated carbocycles. The van der Waals surface area contributed by atoms with Crippen molar-refractivity contribution in [1.82, 2.24) is 4.98 Å². The molecule has 3 rings (SSSR count). The van der Waals surface area contributed by atoms with Crippen molar-refractivity contribution in [3.8, 4) is 17.4 Å². The zero-order valence-corrected chi connectivity index (χ0v) is 11.7. The first-order valence-corrected chi connectivity index (χ1v) is 6.37. The van der Waals surface area contributed by atoms with Crippen molar-refractivity contribution in [3.63, 3.8) is 0 Å². The maximum atomic E-state index is 12.5. The van der Waals surface area contributed by atoms with Crippen LogP contribution in [0, 0.1) is 0 Å². The summed E-state index contributed by atoms with van der Waals surface area (Å²) in [6.45, 7) is 0.186. The third kappa shape index (κ3) is 2.47. The average Bonchev–Trinajstić information content (AvgIpc) is 3.01. The topological polar surface area (TPSA) is 60.9 Å². The predicted octanol–water partition coefficient (Wildman–Crippen LogP) is 2.10. The van der Waals surface area contributed by atoms with Crippen molar-refractivity contribution < 1.29 is 19.0 Å². The number of benzene rings is 1. The molecule has 1 aromatic carbocycles. The molecule has 1 amide bonds. The summed E-state index contributed by atoms with van der Waals surface area (Å²) in [4.78, 5) is 18.1. The van der Waals surface area contributed by atoms with E-state index >= 15 is 0 Å². The van der Waals surface area contributed by atoms with Crippen LogP contribution in [0.25, 0.3) is 0 Å². The van der Waals surface area contributed by atoms with Crippen LogP contribution in [0.5, 0.6) is 17.4 Å². The zero-order chi connectivity index (χ0) is 14.8. The number of amides is 1. The third-order valence-electron chi connectivity index (χ3n) is 3.24. The third-order valence-corrected chi connectivity index (χ3v) is 3.24. The van der Waals surface area contributed by atoms with Gasteiger partial charge in [0.1, 0.15) is 0 Å². The van der Waals surface area contributed by atoms with E-state index in [4.69, 9.17) is 14.2 Å². The smallest absolute Gasteiger partial charge is 0.258 e. The number of methoxy groups -OCH3 is 1. The van der Waals surface area contributed by atoms with E-state index in [0.717, 1.165) is 0 Å². The van der Waals surface area contributed by atoms with Gasteiger partial charge in [0, 0.05) is 18.7 Å². The van der Waals surface area contributed by atoms with Crippen LogP contribution in [0.15, 0.2) is 36.5 Å². The van der Waals surface area contributed by atoms with Crippen LogP contribution in [0.4, 0.5) is 5.69 Å². The van der Waals surface area contributed by atoms with Gasteiger partial charge in [0.05, 0.1) is 19.0 Å². The second-order valence-corrected chi connectivity index (χ2v) is 4.49. The van der Waals surface area contributed by atoms with Crippen LogP contribution in [0.2, 0.25) is 0 Å². The van der Waals surface area contributed by atoms with Gasteiger partial charge in [-0.3, -0.25) is 4.79 Å². The Kier molecular flexibility index (Phi) is 3.35. The second kappa shape index (κ2) is 5.32. The molecule has 6 heteroatoms. The molecule has 0 aliphatic carbocycles. The monoisotopic (exact) mass is 286 g/mol. The highest BCUT2D eigenvalue weighted by Gasteiger charge is 2.19. The van der Waals surface area contributed by atoms with Crippen molar-refractivity contribution in [2.45, 2.75) is 0 Å². The Hall–Kier alpha value is -2.76. The van der Waals surface area contributed by atoms with Gasteiger partial charge in [-0.15, -0.1) is 0 Å². The first-order valence-electron chi connectivity index (χ1n) is 6.37. The highest BCUT2D eigenvalue weighted by Crippen LogP contribution is 2.33. The summed E-state index contributed by atoms with van der Waals surface area (Å²) in [5, 5.41) is 0. The summed E-state index contributed by atoms with van der Waals surface area (Å²) in [6, 6.07) is 8.60. The van der Waals surface area contributed by atoms with E-state index in [-0.39, 0.29) is 12.7 Å². The number of anilines is 1. The minimum absolute atomic E-state index is 0.153. The number of nitrogens with zero attached hydrogens (tertiary/aromatic N) is 2. The van der Waals surface area contributed by atoms with Crippen LogP contribution < -0.4 is 19.1 Å². The highest BCUT2D eigenvalue weighted by molar-refractivity contribution is 6.06. The number of rotatable bonds is 3. The number of aromatic nitrogens is 1. The average molecular weight is 286 g/mol. The number of ether oxygens (including phenoxy) is 3. The summed E-state index contributed by atoms with van der Waals surface area (Å²) in [6.07, 6.45) is 1.59. The Morgan fingerprint density at radius 3 is 2.76 bits per heavy atom. The van der Waals surface area contributed by atoms with Crippen LogP contribution >= 0.6 is 0 Å². The van der Waals surface area contributed by atoms with Crippen LogP contribution in [0.3, 0.4) is 0 Å². The molecule has 0 unspecified atom stereocenters. The summed E-state index contributed by atoms with van der Waals surface area (Å²) in [5.74, 6) is 1.59. The number of hydrogen-bond acceptors (Lipinski definition) is 5. The minimum Gasteiger partial charge on any atom is -0.481 e. The van der Waals surface area contributed by atoms with E-state index in [1.165, 1.54) is 4.90 Å². The zero-order valence-electron chi connectivity index (χ0n) is 11.7. The fourth-order valence-corrected chi connectivity index (χ4v) is 2.03. The van der Waals surface area contributed by atoms with E-state index in [9.17, 15) is 4.79 Å². The lowest BCUT2D eigenvalue weighted by Crippen LogP contribution is -2.26. The number of hydrogen-bond donors (Lipinski definition) is 0. The lowest BCUT2D eigenvalue weighted by atomic mass is 10.1. The van der Waals surface area contributed by atoms with Crippen molar-refractivity contribution in [1.29, 1.82) is 0 Å². The van der Waals surface area contributed by atoms with Crippen LogP contribution in [-0.2, 0) is 0 Å². The van der Waals surface area contributed by atoms with Gasteiger partial charge in [-0.1, -0.05) is 0 Å². The first-order chi connectivity index (χ1) is 10.2. The Balaban J connectivity index is 1.83. The fraction of sp³-hybridized carbons (Fsp3) is 0.200. The Bertz CT molecular complexity index is 670. The van der Waals surface area contributed by atoms with Gasteiger partial charge in [0.25, 0.3) is 5.91 Å². The van der Waals surface area contributed by atoms with Gasteiger partial charge >= 0.3 is 0 Å². The molecule has 0 saturated heterocycles. The maximum Gasteiger partial charge on any atom is 0.258 e. The number of carbonyl (C=O) groups is 1. The molecule has 1 aromatic heterocycles. The summed E-state index contributed by atoms with van der Waals surface area (Å²) in [7, 11) is 3.24. The molecule has 0 atom stereocenters. The van der Waals surface area contributed by atoms with Crippen molar-refractivity contribution in [2.75, 3.05) is 25.9 Å². The fourth-order valence-electron chi connectivity index (χ4n) is 2.03. The van der Waals surface area contributed by atoms with E-state index in [0.29, 0.717) is 28.6 Å². The molecule has 0 N–H and O–H groups in total. The molecule has 0 fully saturated rings. The second-order valence-electron chi connectivity index (χ2n) is 4.49. The molecule has 2 heterocycles.